The number of hydrogen-bond donors (Lipinski definition) is 1. The predicted octanol–water partition coefficient (Wildman–Crippen LogP) is 4.80. The summed E-state index contributed by atoms with van der Waals surface area (Å²) in [5, 5.41) is 1.97. The zero-order chi connectivity index (χ0) is 20.8. The van der Waals surface area contributed by atoms with E-state index in [-0.39, 0.29) is 4.90 Å². The Morgan fingerprint density at radius 2 is 1.93 bits per heavy atom. The van der Waals surface area contributed by atoms with E-state index in [2.05, 4.69) is 9.71 Å². The Morgan fingerprint density at radius 3 is 2.66 bits per heavy atom. The molecule has 2 aromatic heterocycles. The van der Waals surface area contributed by atoms with Crippen molar-refractivity contribution in [1.29, 1.82) is 0 Å². The van der Waals surface area contributed by atoms with Crippen LogP contribution in [0.15, 0.2) is 53.0 Å². The van der Waals surface area contributed by atoms with Gasteiger partial charge in [-0.25, -0.2) is 13.4 Å². The second kappa shape index (κ2) is 7.20. The van der Waals surface area contributed by atoms with Crippen molar-refractivity contribution < 1.29 is 13.2 Å². The number of nitrogens with one attached hydrogen (secondary N) is 1. The lowest BCUT2D eigenvalue weighted by molar-refractivity contribution is 0.407. The molecule has 29 heavy (non-hydrogen) atoms. The zero-order valence-electron chi connectivity index (χ0n) is 16.6. The van der Waals surface area contributed by atoms with Gasteiger partial charge in [-0.2, -0.15) is 0 Å². The van der Waals surface area contributed by atoms with E-state index in [1.807, 2.05) is 48.2 Å². The maximum atomic E-state index is 13.1. The van der Waals surface area contributed by atoms with E-state index in [1.165, 1.54) is 0 Å². The van der Waals surface area contributed by atoms with Crippen molar-refractivity contribution in [2.24, 2.45) is 0 Å². The Hall–Kier alpha value is -2.84. The first kappa shape index (κ1) is 19.5. The van der Waals surface area contributed by atoms with Gasteiger partial charge in [-0.05, 0) is 55.7 Å². The van der Waals surface area contributed by atoms with Crippen molar-refractivity contribution in [1.82, 2.24) is 9.38 Å². The molecule has 4 rings (SSSR count). The maximum absolute atomic E-state index is 13.1. The van der Waals surface area contributed by atoms with E-state index in [1.54, 1.807) is 43.6 Å². The number of benzene rings is 2. The lowest BCUT2D eigenvalue weighted by Crippen LogP contribution is -2.15. The Labute approximate surface area is 173 Å². The number of hydrogen-bond acceptors (Lipinski definition) is 5. The SMILES string of the molecule is COc1c(C)cc(S(=O)(=O)Nc2cccc(-c3cn4ccsc4n3)c2)c(C)c1C. The normalized spacial score (nSPS) is 11.7. The van der Waals surface area contributed by atoms with Gasteiger partial charge in [-0.3, -0.25) is 9.12 Å². The fourth-order valence-corrected chi connectivity index (χ4v) is 5.57. The predicted molar refractivity (Wildman–Crippen MR) is 117 cm³/mol. The minimum absolute atomic E-state index is 0.251. The molecule has 0 aliphatic heterocycles. The number of sulfonamides is 1. The average molecular weight is 428 g/mol. The van der Waals surface area contributed by atoms with Crippen LogP contribution in [-0.4, -0.2) is 24.9 Å². The molecule has 0 amide bonds. The van der Waals surface area contributed by atoms with Crippen LogP contribution in [0.3, 0.4) is 0 Å². The van der Waals surface area contributed by atoms with Crippen LogP contribution in [0.1, 0.15) is 16.7 Å². The summed E-state index contributed by atoms with van der Waals surface area (Å²) in [5.41, 5.74) is 4.41. The fraction of sp³-hybridized carbons (Fsp3) is 0.190. The molecular formula is C21H21N3O3S2. The zero-order valence-corrected chi connectivity index (χ0v) is 18.2. The van der Waals surface area contributed by atoms with Crippen LogP contribution in [0.25, 0.3) is 16.2 Å². The van der Waals surface area contributed by atoms with E-state index < -0.39 is 10.0 Å². The molecule has 6 nitrogen and oxygen atoms in total. The third kappa shape index (κ3) is 3.49. The summed E-state index contributed by atoms with van der Waals surface area (Å²) in [6.07, 6.45) is 3.87. The molecule has 0 saturated heterocycles. The number of methoxy groups -OCH3 is 1. The molecule has 0 bridgehead atoms. The number of aromatic nitrogens is 2. The summed E-state index contributed by atoms with van der Waals surface area (Å²) in [5.74, 6) is 0.711. The van der Waals surface area contributed by atoms with Crippen LogP contribution < -0.4 is 9.46 Å². The number of rotatable bonds is 5. The molecule has 2 heterocycles. The average Bonchev–Trinajstić information content (AvgIpc) is 3.27. The number of anilines is 1. The van der Waals surface area contributed by atoms with E-state index in [0.29, 0.717) is 17.0 Å². The molecule has 1 N–H and O–H groups in total. The molecule has 0 radical (unpaired) electrons. The molecule has 0 unspecified atom stereocenters. The van der Waals surface area contributed by atoms with Crippen molar-refractivity contribution in [2.75, 3.05) is 11.8 Å². The van der Waals surface area contributed by atoms with Gasteiger partial charge in [0.05, 0.1) is 17.7 Å². The Bertz CT molecular complexity index is 1290. The summed E-state index contributed by atoms with van der Waals surface area (Å²) >= 11 is 1.55. The van der Waals surface area contributed by atoms with Crippen LogP contribution >= 0.6 is 11.3 Å². The first-order chi connectivity index (χ1) is 13.8. The molecule has 2 aromatic carbocycles. The van der Waals surface area contributed by atoms with Gasteiger partial charge in [-0.15, -0.1) is 11.3 Å². The number of imidazole rings is 1. The molecule has 4 aromatic rings. The smallest absolute Gasteiger partial charge is 0.262 e. The van der Waals surface area contributed by atoms with Gasteiger partial charge in [0.2, 0.25) is 0 Å². The maximum Gasteiger partial charge on any atom is 0.262 e. The molecule has 0 aliphatic rings. The first-order valence-corrected chi connectivity index (χ1v) is 11.4. The van der Waals surface area contributed by atoms with Crippen molar-refractivity contribution in [3.8, 4) is 17.0 Å². The Morgan fingerprint density at radius 1 is 1.14 bits per heavy atom. The molecule has 0 fully saturated rings. The molecule has 0 saturated carbocycles. The van der Waals surface area contributed by atoms with Crippen molar-refractivity contribution in [3.63, 3.8) is 0 Å². The third-order valence-electron chi connectivity index (χ3n) is 4.98. The second-order valence-electron chi connectivity index (χ2n) is 6.88. The van der Waals surface area contributed by atoms with E-state index in [0.717, 1.165) is 27.3 Å². The summed E-state index contributed by atoms with van der Waals surface area (Å²) < 4.78 is 36.3. The minimum atomic E-state index is -3.76. The summed E-state index contributed by atoms with van der Waals surface area (Å²) in [6, 6.07) is 8.91. The van der Waals surface area contributed by atoms with Crippen LogP contribution in [0, 0.1) is 20.8 Å². The highest BCUT2D eigenvalue weighted by molar-refractivity contribution is 7.92. The molecule has 0 spiro atoms. The molecule has 0 atom stereocenters. The third-order valence-corrected chi connectivity index (χ3v) is 7.25. The van der Waals surface area contributed by atoms with Gasteiger partial charge in [0.15, 0.2) is 4.96 Å². The minimum Gasteiger partial charge on any atom is -0.496 e. The number of fused-ring (bicyclic) bond motifs is 1. The number of nitrogens with zero attached hydrogens (tertiary/aromatic N) is 2. The summed E-state index contributed by atoms with van der Waals surface area (Å²) in [7, 11) is -2.17. The van der Waals surface area contributed by atoms with Gasteiger partial charge in [0.25, 0.3) is 10.0 Å². The second-order valence-corrected chi connectivity index (χ2v) is 9.40. The topological polar surface area (TPSA) is 72.7 Å². The van der Waals surface area contributed by atoms with Crippen molar-refractivity contribution >= 4 is 32.0 Å². The van der Waals surface area contributed by atoms with E-state index in [9.17, 15) is 8.42 Å². The van der Waals surface area contributed by atoms with Gasteiger partial charge in [0, 0.05) is 29.0 Å². The van der Waals surface area contributed by atoms with Crippen molar-refractivity contribution in [2.45, 2.75) is 25.7 Å². The number of aryl methyl sites for hydroxylation is 1. The van der Waals surface area contributed by atoms with Gasteiger partial charge in [-0.1, -0.05) is 12.1 Å². The molecule has 150 valence electrons. The lowest BCUT2D eigenvalue weighted by atomic mass is 10.1. The fourth-order valence-electron chi connectivity index (χ4n) is 3.43. The van der Waals surface area contributed by atoms with Crippen LogP contribution in [-0.2, 0) is 10.0 Å². The van der Waals surface area contributed by atoms with Gasteiger partial charge < -0.3 is 4.74 Å². The summed E-state index contributed by atoms with van der Waals surface area (Å²) in [6.45, 7) is 5.50. The standard InChI is InChI=1S/C21H21N3O3S2/c1-13-10-19(14(2)15(3)20(13)27-4)29(25,26)23-17-7-5-6-16(11-17)18-12-24-8-9-28-21(24)22-18/h5-12,23H,1-4H3. The highest BCUT2D eigenvalue weighted by atomic mass is 32.2. The first-order valence-electron chi connectivity index (χ1n) is 9.00. The van der Waals surface area contributed by atoms with Crippen LogP contribution in [0.4, 0.5) is 5.69 Å². The lowest BCUT2D eigenvalue weighted by Gasteiger charge is -2.17. The number of ether oxygens (including phenoxy) is 1. The monoisotopic (exact) mass is 427 g/mol. The van der Waals surface area contributed by atoms with Gasteiger partial charge >= 0.3 is 0 Å². The number of thiazole rings is 1. The summed E-state index contributed by atoms with van der Waals surface area (Å²) in [4.78, 5) is 5.73. The van der Waals surface area contributed by atoms with Crippen LogP contribution in [0.2, 0.25) is 0 Å². The van der Waals surface area contributed by atoms with E-state index in [4.69, 9.17) is 4.74 Å². The quantitative estimate of drug-likeness (QED) is 0.497. The Kier molecular flexibility index (Phi) is 4.84. The van der Waals surface area contributed by atoms with Gasteiger partial charge in [0.1, 0.15) is 5.75 Å². The highest BCUT2D eigenvalue weighted by Crippen LogP contribution is 2.32. The Balaban J connectivity index is 1.70. The van der Waals surface area contributed by atoms with Crippen molar-refractivity contribution in [3.05, 3.63) is 64.8 Å². The largest absolute Gasteiger partial charge is 0.496 e. The van der Waals surface area contributed by atoms with E-state index >= 15 is 0 Å². The molecule has 8 heteroatoms. The van der Waals surface area contributed by atoms with Crippen LogP contribution in [0.5, 0.6) is 5.75 Å². The highest BCUT2D eigenvalue weighted by Gasteiger charge is 2.21. The molecular weight excluding hydrogens is 406 g/mol. The molecule has 0 aliphatic carbocycles.